The van der Waals surface area contributed by atoms with E-state index in [-0.39, 0.29) is 19.6 Å². The standard InChI is InChI=1S/C10H18N2O4/c1-3-5-8(9(14)15)11-10(16)12(4-2)6-7-13/h3,8,13H,1,4-7H2,2H3,(H,11,16)(H,14,15). The maximum atomic E-state index is 11.6. The van der Waals surface area contributed by atoms with Gasteiger partial charge in [-0.1, -0.05) is 6.08 Å². The molecule has 0 aliphatic heterocycles. The molecule has 0 aliphatic carbocycles. The monoisotopic (exact) mass is 230 g/mol. The first kappa shape index (κ1) is 14.4. The summed E-state index contributed by atoms with van der Waals surface area (Å²) < 4.78 is 0. The lowest BCUT2D eigenvalue weighted by Crippen LogP contribution is -2.48. The molecule has 92 valence electrons. The highest BCUT2D eigenvalue weighted by Gasteiger charge is 2.20. The molecule has 0 saturated carbocycles. The second kappa shape index (κ2) is 7.70. The number of aliphatic hydroxyl groups is 1. The first-order valence-electron chi connectivity index (χ1n) is 5.06. The molecule has 0 saturated heterocycles. The van der Waals surface area contributed by atoms with Crippen LogP contribution in [-0.2, 0) is 4.79 Å². The molecular formula is C10H18N2O4. The SMILES string of the molecule is C=CCC(NC(=O)N(CC)CCO)C(=O)O. The van der Waals surface area contributed by atoms with Gasteiger partial charge in [0.15, 0.2) is 0 Å². The minimum absolute atomic E-state index is 0.152. The highest BCUT2D eigenvalue weighted by molar-refractivity contribution is 5.82. The van der Waals surface area contributed by atoms with E-state index < -0.39 is 18.0 Å². The molecule has 0 aromatic carbocycles. The molecule has 3 N–H and O–H groups in total. The van der Waals surface area contributed by atoms with Crippen molar-refractivity contribution >= 4 is 12.0 Å². The number of carboxylic acid groups (broad SMARTS) is 1. The van der Waals surface area contributed by atoms with Gasteiger partial charge in [-0.3, -0.25) is 0 Å². The Bertz CT molecular complexity index is 255. The summed E-state index contributed by atoms with van der Waals surface area (Å²) in [5.41, 5.74) is 0. The number of hydrogen-bond donors (Lipinski definition) is 3. The van der Waals surface area contributed by atoms with Crippen LogP contribution in [0.1, 0.15) is 13.3 Å². The first-order chi connectivity index (χ1) is 7.56. The zero-order valence-corrected chi connectivity index (χ0v) is 9.35. The van der Waals surface area contributed by atoms with Crippen LogP contribution in [0.4, 0.5) is 4.79 Å². The molecule has 0 rings (SSSR count). The van der Waals surface area contributed by atoms with Gasteiger partial charge in [0.25, 0.3) is 0 Å². The van der Waals surface area contributed by atoms with Crippen molar-refractivity contribution in [3.05, 3.63) is 12.7 Å². The molecule has 16 heavy (non-hydrogen) atoms. The fourth-order valence-corrected chi connectivity index (χ4v) is 1.15. The number of carbonyl (C=O) groups excluding carboxylic acids is 1. The molecule has 0 aromatic rings. The lowest BCUT2D eigenvalue weighted by atomic mass is 10.2. The van der Waals surface area contributed by atoms with Crippen molar-refractivity contribution in [1.82, 2.24) is 10.2 Å². The molecular weight excluding hydrogens is 212 g/mol. The van der Waals surface area contributed by atoms with Gasteiger partial charge in [0.1, 0.15) is 6.04 Å². The number of rotatable bonds is 7. The summed E-state index contributed by atoms with van der Waals surface area (Å²) in [5.74, 6) is -1.10. The van der Waals surface area contributed by atoms with Crippen LogP contribution in [0.15, 0.2) is 12.7 Å². The third kappa shape index (κ3) is 4.79. The van der Waals surface area contributed by atoms with Gasteiger partial charge in [-0.2, -0.15) is 0 Å². The summed E-state index contributed by atoms with van der Waals surface area (Å²) in [4.78, 5) is 23.7. The largest absolute Gasteiger partial charge is 0.480 e. The summed E-state index contributed by atoms with van der Waals surface area (Å²) in [6, 6.07) is -1.47. The average molecular weight is 230 g/mol. The van der Waals surface area contributed by atoms with Crippen molar-refractivity contribution in [2.75, 3.05) is 19.7 Å². The zero-order valence-electron chi connectivity index (χ0n) is 9.35. The number of carbonyl (C=O) groups is 2. The Morgan fingerprint density at radius 2 is 2.19 bits per heavy atom. The first-order valence-corrected chi connectivity index (χ1v) is 5.06. The van der Waals surface area contributed by atoms with Crippen LogP contribution >= 0.6 is 0 Å². The van der Waals surface area contributed by atoms with Gasteiger partial charge in [-0.05, 0) is 13.3 Å². The number of amides is 2. The number of nitrogens with one attached hydrogen (secondary N) is 1. The normalized spacial score (nSPS) is 11.6. The van der Waals surface area contributed by atoms with Gasteiger partial charge in [0.05, 0.1) is 6.61 Å². The Morgan fingerprint density at radius 3 is 2.56 bits per heavy atom. The van der Waals surface area contributed by atoms with E-state index >= 15 is 0 Å². The third-order valence-corrected chi connectivity index (χ3v) is 2.04. The fourth-order valence-electron chi connectivity index (χ4n) is 1.15. The molecule has 6 heteroatoms. The Labute approximate surface area is 94.6 Å². The fraction of sp³-hybridized carbons (Fsp3) is 0.600. The average Bonchev–Trinajstić information content (AvgIpc) is 2.24. The van der Waals surface area contributed by atoms with Crippen LogP contribution in [0.2, 0.25) is 0 Å². The third-order valence-electron chi connectivity index (χ3n) is 2.04. The number of carboxylic acids is 1. The molecule has 0 radical (unpaired) electrons. The Morgan fingerprint density at radius 1 is 1.56 bits per heavy atom. The molecule has 0 heterocycles. The van der Waals surface area contributed by atoms with E-state index in [0.29, 0.717) is 6.54 Å². The van der Waals surface area contributed by atoms with Crippen LogP contribution in [0.3, 0.4) is 0 Å². The smallest absolute Gasteiger partial charge is 0.326 e. The minimum Gasteiger partial charge on any atom is -0.480 e. The van der Waals surface area contributed by atoms with E-state index in [4.69, 9.17) is 10.2 Å². The van der Waals surface area contributed by atoms with Crippen LogP contribution in [-0.4, -0.2) is 52.9 Å². The van der Waals surface area contributed by atoms with Crippen molar-refractivity contribution in [1.29, 1.82) is 0 Å². The summed E-state index contributed by atoms with van der Waals surface area (Å²) in [7, 11) is 0. The Balaban J connectivity index is 4.36. The van der Waals surface area contributed by atoms with Crippen LogP contribution < -0.4 is 5.32 Å². The maximum absolute atomic E-state index is 11.6. The number of likely N-dealkylation sites (N-methyl/N-ethyl adjacent to an activating group) is 1. The van der Waals surface area contributed by atoms with Gasteiger partial charge >= 0.3 is 12.0 Å². The Kier molecular flexibility index (Phi) is 6.95. The number of hydrogen-bond acceptors (Lipinski definition) is 3. The Hall–Kier alpha value is -1.56. The lowest BCUT2D eigenvalue weighted by molar-refractivity contribution is -0.139. The van der Waals surface area contributed by atoms with Crippen molar-refractivity contribution in [3.8, 4) is 0 Å². The molecule has 0 aromatic heterocycles. The van der Waals surface area contributed by atoms with Gasteiger partial charge < -0.3 is 20.4 Å². The molecule has 6 nitrogen and oxygen atoms in total. The highest BCUT2D eigenvalue weighted by Crippen LogP contribution is 1.96. The van der Waals surface area contributed by atoms with Crippen molar-refractivity contribution in [2.45, 2.75) is 19.4 Å². The molecule has 1 unspecified atom stereocenters. The maximum Gasteiger partial charge on any atom is 0.326 e. The number of aliphatic hydroxyl groups excluding tert-OH is 1. The molecule has 0 bridgehead atoms. The van der Waals surface area contributed by atoms with Gasteiger partial charge in [0, 0.05) is 13.1 Å². The van der Waals surface area contributed by atoms with E-state index in [2.05, 4.69) is 11.9 Å². The summed E-state index contributed by atoms with van der Waals surface area (Å²) in [6.45, 7) is 5.61. The van der Waals surface area contributed by atoms with Crippen molar-refractivity contribution in [2.24, 2.45) is 0 Å². The van der Waals surface area contributed by atoms with Gasteiger partial charge in [0.2, 0.25) is 0 Å². The molecule has 0 aliphatic rings. The van der Waals surface area contributed by atoms with E-state index in [1.54, 1.807) is 6.92 Å². The van der Waals surface area contributed by atoms with Gasteiger partial charge in [-0.15, -0.1) is 6.58 Å². The lowest BCUT2D eigenvalue weighted by Gasteiger charge is -2.22. The summed E-state index contributed by atoms with van der Waals surface area (Å²) in [6.07, 6.45) is 1.60. The minimum atomic E-state index is -1.10. The second-order valence-electron chi connectivity index (χ2n) is 3.17. The molecule has 0 spiro atoms. The second-order valence-corrected chi connectivity index (χ2v) is 3.17. The van der Waals surface area contributed by atoms with Gasteiger partial charge in [-0.25, -0.2) is 9.59 Å². The van der Waals surface area contributed by atoms with E-state index in [0.717, 1.165) is 0 Å². The van der Waals surface area contributed by atoms with Crippen LogP contribution in [0.25, 0.3) is 0 Å². The quantitative estimate of drug-likeness (QED) is 0.539. The topological polar surface area (TPSA) is 89.9 Å². The van der Waals surface area contributed by atoms with Crippen LogP contribution in [0.5, 0.6) is 0 Å². The summed E-state index contributed by atoms with van der Waals surface area (Å²) in [5, 5.41) is 19.9. The van der Waals surface area contributed by atoms with Crippen molar-refractivity contribution < 1.29 is 19.8 Å². The zero-order chi connectivity index (χ0) is 12.6. The van der Waals surface area contributed by atoms with Crippen molar-refractivity contribution in [3.63, 3.8) is 0 Å². The predicted octanol–water partition coefficient (Wildman–Crippen LogP) is 0.0395. The highest BCUT2D eigenvalue weighted by atomic mass is 16.4. The predicted molar refractivity (Wildman–Crippen MR) is 59.1 cm³/mol. The summed E-state index contributed by atoms with van der Waals surface area (Å²) >= 11 is 0. The number of urea groups is 1. The number of aliphatic carboxylic acids is 1. The van der Waals surface area contributed by atoms with E-state index in [9.17, 15) is 9.59 Å². The molecule has 2 amide bonds. The molecule has 1 atom stereocenters. The van der Waals surface area contributed by atoms with Crippen LogP contribution in [0, 0.1) is 0 Å². The number of nitrogens with zero attached hydrogens (tertiary/aromatic N) is 1. The van der Waals surface area contributed by atoms with E-state index in [1.165, 1.54) is 11.0 Å². The van der Waals surface area contributed by atoms with E-state index in [1.807, 2.05) is 0 Å². The molecule has 0 fully saturated rings.